The van der Waals surface area contributed by atoms with Crippen LogP contribution in [0, 0.1) is 17.2 Å². The van der Waals surface area contributed by atoms with E-state index in [4.69, 9.17) is 11.0 Å². The third kappa shape index (κ3) is 5.56. The molecule has 0 aromatic heterocycles. The zero-order valence-corrected chi connectivity index (χ0v) is 15.2. The molecule has 0 unspecified atom stereocenters. The number of hydrogen-bond donors (Lipinski definition) is 2. The number of benzene rings is 1. The fourth-order valence-corrected chi connectivity index (χ4v) is 4.30. The second-order valence-electron chi connectivity index (χ2n) is 6.23. The van der Waals surface area contributed by atoms with Crippen molar-refractivity contribution in [3.05, 3.63) is 29.8 Å². The van der Waals surface area contributed by atoms with Crippen molar-refractivity contribution in [3.63, 3.8) is 0 Å². The summed E-state index contributed by atoms with van der Waals surface area (Å²) < 4.78 is 27.4. The first-order valence-corrected chi connectivity index (χ1v) is 9.63. The number of nitriles is 1. The highest BCUT2D eigenvalue weighted by atomic mass is 32.2. The average Bonchev–Trinajstić information content (AvgIpc) is 2.57. The number of hydrogen-bond acceptors (Lipinski definition) is 5. The molecule has 7 heteroatoms. The monoisotopic (exact) mass is 353 g/mol. The lowest BCUT2D eigenvalue weighted by molar-refractivity contribution is 0.168. The molecule has 0 bridgehead atoms. The van der Waals surface area contributed by atoms with Crippen molar-refractivity contribution in [2.24, 2.45) is 11.7 Å². The van der Waals surface area contributed by atoms with Crippen LogP contribution in [0.25, 0.3) is 0 Å². The van der Waals surface area contributed by atoms with E-state index in [1.807, 2.05) is 19.9 Å². The SMILES string of the molecule is CC(C)CN([C@H](CO)CCCCN)S(=O)(=O)c1ccc(C#N)cc1. The standard InChI is InChI=1S/C17H27N3O3S/c1-14(2)12-20(16(13-21)5-3-4-10-18)24(22,23)17-8-6-15(11-19)7-9-17/h6-9,14,16,21H,3-5,10,12-13,18H2,1-2H3/t16-/m0/s1. The molecule has 134 valence electrons. The van der Waals surface area contributed by atoms with E-state index in [0.717, 1.165) is 12.8 Å². The Kier molecular flexibility index (Phi) is 8.36. The van der Waals surface area contributed by atoms with Crippen LogP contribution in [0.15, 0.2) is 29.2 Å². The highest BCUT2D eigenvalue weighted by Crippen LogP contribution is 2.22. The molecule has 1 rings (SSSR count). The zero-order chi connectivity index (χ0) is 18.2. The van der Waals surface area contributed by atoms with E-state index >= 15 is 0 Å². The number of unbranched alkanes of at least 4 members (excludes halogenated alkanes) is 1. The minimum atomic E-state index is -3.74. The molecule has 0 radical (unpaired) electrons. The van der Waals surface area contributed by atoms with Gasteiger partial charge >= 0.3 is 0 Å². The predicted octanol–water partition coefficient (Wildman–Crippen LogP) is 1.69. The molecule has 0 heterocycles. The number of rotatable bonds is 10. The fraction of sp³-hybridized carbons (Fsp3) is 0.588. The summed E-state index contributed by atoms with van der Waals surface area (Å²) in [7, 11) is -3.74. The van der Waals surface area contributed by atoms with Crippen molar-refractivity contribution in [1.82, 2.24) is 4.31 Å². The van der Waals surface area contributed by atoms with E-state index in [-0.39, 0.29) is 17.4 Å². The molecule has 0 saturated heterocycles. The molecule has 1 aromatic rings. The molecule has 1 aromatic carbocycles. The number of nitrogens with two attached hydrogens (primary N) is 1. The van der Waals surface area contributed by atoms with Crippen LogP contribution in [-0.2, 0) is 10.0 Å². The highest BCUT2D eigenvalue weighted by molar-refractivity contribution is 7.89. The molecule has 3 N–H and O–H groups in total. The molecule has 0 aliphatic heterocycles. The predicted molar refractivity (Wildman–Crippen MR) is 93.7 cm³/mol. The van der Waals surface area contributed by atoms with Gasteiger partial charge in [-0.1, -0.05) is 20.3 Å². The Balaban J connectivity index is 3.13. The Morgan fingerprint density at radius 1 is 1.25 bits per heavy atom. The second kappa shape index (κ2) is 9.74. The Morgan fingerprint density at radius 2 is 1.88 bits per heavy atom. The number of aliphatic hydroxyl groups excluding tert-OH is 1. The van der Waals surface area contributed by atoms with Crippen LogP contribution >= 0.6 is 0 Å². The molecule has 0 saturated carbocycles. The zero-order valence-electron chi connectivity index (χ0n) is 14.4. The van der Waals surface area contributed by atoms with Crippen molar-refractivity contribution in [2.75, 3.05) is 19.7 Å². The van der Waals surface area contributed by atoms with Gasteiger partial charge in [-0.05, 0) is 49.6 Å². The van der Waals surface area contributed by atoms with Gasteiger partial charge in [0.05, 0.1) is 23.1 Å². The van der Waals surface area contributed by atoms with E-state index in [0.29, 0.717) is 25.1 Å². The van der Waals surface area contributed by atoms with Gasteiger partial charge in [0.25, 0.3) is 0 Å². The first-order chi connectivity index (χ1) is 11.4. The van der Waals surface area contributed by atoms with Gasteiger partial charge in [-0.15, -0.1) is 0 Å². The number of nitrogens with zero attached hydrogens (tertiary/aromatic N) is 2. The van der Waals surface area contributed by atoms with Crippen molar-refractivity contribution in [2.45, 2.75) is 44.0 Å². The van der Waals surface area contributed by atoms with Gasteiger partial charge in [-0.2, -0.15) is 9.57 Å². The van der Waals surface area contributed by atoms with Gasteiger partial charge in [0.2, 0.25) is 10.0 Å². The number of aliphatic hydroxyl groups is 1. The van der Waals surface area contributed by atoms with Crippen molar-refractivity contribution in [3.8, 4) is 6.07 Å². The third-order valence-corrected chi connectivity index (χ3v) is 5.68. The fourth-order valence-electron chi connectivity index (χ4n) is 2.49. The van der Waals surface area contributed by atoms with Crippen LogP contribution in [0.4, 0.5) is 0 Å². The van der Waals surface area contributed by atoms with Gasteiger partial charge in [0.1, 0.15) is 0 Å². The van der Waals surface area contributed by atoms with Crippen LogP contribution in [0.2, 0.25) is 0 Å². The van der Waals surface area contributed by atoms with E-state index in [9.17, 15) is 13.5 Å². The number of sulfonamides is 1. The van der Waals surface area contributed by atoms with Crippen LogP contribution in [-0.4, -0.2) is 43.6 Å². The average molecular weight is 353 g/mol. The van der Waals surface area contributed by atoms with Gasteiger partial charge in [-0.3, -0.25) is 0 Å². The van der Waals surface area contributed by atoms with Crippen LogP contribution in [0.3, 0.4) is 0 Å². The third-order valence-electron chi connectivity index (χ3n) is 3.74. The first-order valence-electron chi connectivity index (χ1n) is 8.19. The first kappa shape index (κ1) is 20.6. The van der Waals surface area contributed by atoms with Crippen LogP contribution < -0.4 is 5.73 Å². The summed E-state index contributed by atoms with van der Waals surface area (Å²) in [5.41, 5.74) is 5.90. The Labute approximate surface area is 144 Å². The molecule has 0 spiro atoms. The van der Waals surface area contributed by atoms with Crippen molar-refractivity contribution < 1.29 is 13.5 Å². The Bertz CT molecular complexity index is 636. The van der Waals surface area contributed by atoms with Crippen molar-refractivity contribution >= 4 is 10.0 Å². The quantitative estimate of drug-likeness (QED) is 0.622. The summed E-state index contributed by atoms with van der Waals surface area (Å²) in [5.74, 6) is 0.127. The maximum atomic E-state index is 13.0. The molecular weight excluding hydrogens is 326 g/mol. The molecule has 24 heavy (non-hydrogen) atoms. The largest absolute Gasteiger partial charge is 0.395 e. The lowest BCUT2D eigenvalue weighted by Crippen LogP contribution is -2.44. The summed E-state index contributed by atoms with van der Waals surface area (Å²) in [6, 6.07) is 7.36. The minimum absolute atomic E-state index is 0.127. The molecule has 1 atom stereocenters. The van der Waals surface area contributed by atoms with Crippen molar-refractivity contribution in [1.29, 1.82) is 5.26 Å². The second-order valence-corrected chi connectivity index (χ2v) is 8.12. The van der Waals surface area contributed by atoms with E-state index in [1.54, 1.807) is 0 Å². The molecule has 0 aliphatic carbocycles. The lowest BCUT2D eigenvalue weighted by atomic mass is 10.1. The topological polar surface area (TPSA) is 107 Å². The maximum absolute atomic E-state index is 13.0. The van der Waals surface area contributed by atoms with E-state index < -0.39 is 16.1 Å². The maximum Gasteiger partial charge on any atom is 0.243 e. The smallest absolute Gasteiger partial charge is 0.243 e. The Morgan fingerprint density at radius 3 is 2.33 bits per heavy atom. The Hall–Kier alpha value is -1.46. The van der Waals surface area contributed by atoms with Crippen LogP contribution in [0.5, 0.6) is 0 Å². The summed E-state index contributed by atoms with van der Waals surface area (Å²) in [6.07, 6.45) is 2.12. The van der Waals surface area contributed by atoms with Crippen LogP contribution in [0.1, 0.15) is 38.7 Å². The van der Waals surface area contributed by atoms with E-state index in [2.05, 4.69) is 0 Å². The summed E-state index contributed by atoms with van der Waals surface area (Å²) in [6.45, 7) is 4.53. The van der Waals surface area contributed by atoms with Gasteiger partial charge in [0.15, 0.2) is 0 Å². The van der Waals surface area contributed by atoms with Gasteiger partial charge < -0.3 is 10.8 Å². The molecule has 0 aliphatic rings. The summed E-state index contributed by atoms with van der Waals surface area (Å²) in [4.78, 5) is 0.138. The van der Waals surface area contributed by atoms with Gasteiger partial charge in [-0.25, -0.2) is 8.42 Å². The summed E-state index contributed by atoms with van der Waals surface area (Å²) in [5, 5.41) is 18.6. The molecular formula is C17H27N3O3S. The van der Waals surface area contributed by atoms with E-state index in [1.165, 1.54) is 28.6 Å². The van der Waals surface area contributed by atoms with Gasteiger partial charge in [0, 0.05) is 12.6 Å². The molecule has 0 amide bonds. The molecule has 0 fully saturated rings. The summed E-state index contributed by atoms with van der Waals surface area (Å²) >= 11 is 0. The minimum Gasteiger partial charge on any atom is -0.395 e. The molecule has 6 nitrogen and oxygen atoms in total. The highest BCUT2D eigenvalue weighted by Gasteiger charge is 2.31. The normalized spacial score (nSPS) is 13.2. The lowest BCUT2D eigenvalue weighted by Gasteiger charge is -2.31.